The number of nitrogen functional groups attached to an aromatic ring is 1. The fourth-order valence-electron chi connectivity index (χ4n) is 4.45. The van der Waals surface area contributed by atoms with Gasteiger partial charge in [-0.3, -0.25) is 4.79 Å². The number of hydrogen-bond donors (Lipinski definition) is 1. The van der Waals surface area contributed by atoms with E-state index in [0.717, 1.165) is 61.1 Å². The van der Waals surface area contributed by atoms with Gasteiger partial charge in [-0.05, 0) is 73.4 Å². The Bertz CT molecular complexity index is 842. The molecule has 2 aliphatic heterocycles. The number of carbonyl (C=O) groups excluding carboxylic acids is 1. The van der Waals surface area contributed by atoms with Gasteiger partial charge in [0.05, 0.1) is 5.56 Å². The molecule has 0 spiro atoms. The Balaban J connectivity index is 1.52. The van der Waals surface area contributed by atoms with Gasteiger partial charge in [0, 0.05) is 37.2 Å². The van der Waals surface area contributed by atoms with Crippen molar-refractivity contribution >= 4 is 23.1 Å². The predicted molar refractivity (Wildman–Crippen MR) is 103 cm³/mol. The topological polar surface area (TPSA) is 62.5 Å². The number of benzene rings is 1. The number of amides is 1. The Labute approximate surface area is 153 Å². The summed E-state index contributed by atoms with van der Waals surface area (Å²) in [4.78, 5) is 21.8. The van der Waals surface area contributed by atoms with Crippen molar-refractivity contribution in [2.75, 3.05) is 30.3 Å². The summed E-state index contributed by atoms with van der Waals surface area (Å²) in [6, 6.07) is 10.1. The van der Waals surface area contributed by atoms with Gasteiger partial charge in [-0.2, -0.15) is 0 Å². The molecule has 0 radical (unpaired) electrons. The smallest absolute Gasteiger partial charge is 0.255 e. The van der Waals surface area contributed by atoms with Crippen LogP contribution in [0.3, 0.4) is 0 Å². The van der Waals surface area contributed by atoms with Gasteiger partial charge in [-0.1, -0.05) is 0 Å². The van der Waals surface area contributed by atoms with E-state index in [1.54, 1.807) is 6.20 Å². The molecule has 1 aliphatic carbocycles. The molecular weight excluding hydrogens is 324 g/mol. The molecule has 2 unspecified atom stereocenters. The third-order valence-electron chi connectivity index (χ3n) is 6.04. The van der Waals surface area contributed by atoms with E-state index >= 15 is 0 Å². The van der Waals surface area contributed by atoms with Gasteiger partial charge in [0.2, 0.25) is 0 Å². The van der Waals surface area contributed by atoms with E-state index in [4.69, 9.17) is 10.7 Å². The number of likely N-dealkylation sites (tertiary alicyclic amines) is 1. The number of carbonyl (C=O) groups is 1. The fourth-order valence-corrected chi connectivity index (χ4v) is 4.45. The van der Waals surface area contributed by atoms with Crippen LogP contribution in [0.4, 0.5) is 17.2 Å². The van der Waals surface area contributed by atoms with Gasteiger partial charge in [0.15, 0.2) is 0 Å². The van der Waals surface area contributed by atoms with Crippen LogP contribution in [0.25, 0.3) is 0 Å². The second-order valence-corrected chi connectivity index (χ2v) is 7.77. The maximum atomic E-state index is 12.8. The molecule has 5 heteroatoms. The van der Waals surface area contributed by atoms with Crippen LogP contribution in [-0.4, -0.2) is 35.4 Å². The van der Waals surface area contributed by atoms with Crippen molar-refractivity contribution in [1.29, 1.82) is 0 Å². The number of hydrogen-bond acceptors (Lipinski definition) is 4. The monoisotopic (exact) mass is 348 g/mol. The minimum Gasteiger partial charge on any atom is -0.399 e. The highest BCUT2D eigenvalue weighted by molar-refractivity contribution is 5.94. The van der Waals surface area contributed by atoms with Gasteiger partial charge in [0.25, 0.3) is 5.91 Å². The molecule has 2 fully saturated rings. The Morgan fingerprint density at radius 1 is 1.12 bits per heavy atom. The van der Waals surface area contributed by atoms with E-state index in [0.29, 0.717) is 5.92 Å². The Morgan fingerprint density at radius 2 is 1.88 bits per heavy atom. The Morgan fingerprint density at radius 3 is 2.65 bits per heavy atom. The molecule has 1 amide bonds. The summed E-state index contributed by atoms with van der Waals surface area (Å²) >= 11 is 0. The first kappa shape index (κ1) is 15.7. The molecular formula is C21H24N4O. The van der Waals surface area contributed by atoms with E-state index < -0.39 is 0 Å². The molecule has 134 valence electrons. The summed E-state index contributed by atoms with van der Waals surface area (Å²) in [5.74, 6) is 2.44. The van der Waals surface area contributed by atoms with Gasteiger partial charge in [0.1, 0.15) is 5.82 Å². The van der Waals surface area contributed by atoms with Crippen LogP contribution in [0.15, 0.2) is 36.5 Å². The third kappa shape index (κ3) is 2.62. The molecule has 5 nitrogen and oxygen atoms in total. The molecule has 5 rings (SSSR count). The molecule has 1 saturated heterocycles. The van der Waals surface area contributed by atoms with E-state index in [9.17, 15) is 4.79 Å². The maximum absolute atomic E-state index is 12.8. The average Bonchev–Trinajstić information content (AvgIpc) is 3.26. The van der Waals surface area contributed by atoms with E-state index in [-0.39, 0.29) is 5.91 Å². The fraction of sp³-hybridized carbons (Fsp3) is 0.429. The van der Waals surface area contributed by atoms with E-state index in [1.807, 2.05) is 17.0 Å². The van der Waals surface area contributed by atoms with Crippen LogP contribution in [0.2, 0.25) is 0 Å². The normalized spacial score (nSPS) is 24.0. The Hall–Kier alpha value is -2.56. The van der Waals surface area contributed by atoms with Crippen molar-refractivity contribution in [3.8, 4) is 0 Å². The van der Waals surface area contributed by atoms with Gasteiger partial charge >= 0.3 is 0 Å². The summed E-state index contributed by atoms with van der Waals surface area (Å²) < 4.78 is 0. The third-order valence-corrected chi connectivity index (χ3v) is 6.04. The average molecular weight is 348 g/mol. The lowest BCUT2D eigenvalue weighted by Gasteiger charge is -2.25. The molecule has 26 heavy (non-hydrogen) atoms. The van der Waals surface area contributed by atoms with Crippen molar-refractivity contribution in [2.45, 2.75) is 31.6 Å². The van der Waals surface area contributed by atoms with Crippen LogP contribution < -0.4 is 10.6 Å². The minimum atomic E-state index is 0.137. The van der Waals surface area contributed by atoms with Crippen LogP contribution in [0.5, 0.6) is 0 Å². The number of nitrogens with two attached hydrogens (primary N) is 1. The van der Waals surface area contributed by atoms with Crippen LogP contribution in [0, 0.1) is 5.92 Å². The highest BCUT2D eigenvalue weighted by Crippen LogP contribution is 2.54. The molecule has 2 atom stereocenters. The Kier molecular flexibility index (Phi) is 3.62. The molecule has 0 bridgehead atoms. The number of aromatic nitrogens is 1. The SMILES string of the molecule is Nc1ccc(N2CCC3CC3c3cc(C(=O)N4CCCC4)cnc32)cc1. The van der Waals surface area contributed by atoms with Gasteiger partial charge in [-0.15, -0.1) is 0 Å². The van der Waals surface area contributed by atoms with Crippen molar-refractivity contribution in [2.24, 2.45) is 5.92 Å². The summed E-state index contributed by atoms with van der Waals surface area (Å²) in [5, 5.41) is 0. The molecule has 3 heterocycles. The summed E-state index contributed by atoms with van der Waals surface area (Å²) in [6.07, 6.45) is 6.39. The van der Waals surface area contributed by atoms with Crippen molar-refractivity contribution in [1.82, 2.24) is 9.88 Å². The molecule has 3 aliphatic rings. The number of pyridine rings is 1. The zero-order chi connectivity index (χ0) is 17.7. The maximum Gasteiger partial charge on any atom is 0.255 e. The van der Waals surface area contributed by atoms with Gasteiger partial charge < -0.3 is 15.5 Å². The standard InChI is InChI=1S/C21H24N4O/c22-16-3-5-17(6-4-16)25-10-7-14-11-18(14)19-12-15(13-23-20(19)25)21(26)24-8-1-2-9-24/h3-6,12-14,18H,1-2,7-11,22H2. The highest BCUT2D eigenvalue weighted by Gasteiger charge is 2.43. The first-order valence-electron chi connectivity index (χ1n) is 9.63. The zero-order valence-electron chi connectivity index (χ0n) is 14.9. The lowest BCUT2D eigenvalue weighted by atomic mass is 10.1. The summed E-state index contributed by atoms with van der Waals surface area (Å²) in [7, 11) is 0. The van der Waals surface area contributed by atoms with Crippen molar-refractivity contribution < 1.29 is 4.79 Å². The zero-order valence-corrected chi connectivity index (χ0v) is 14.9. The molecule has 1 saturated carbocycles. The van der Waals surface area contributed by atoms with Crippen LogP contribution in [-0.2, 0) is 0 Å². The number of nitrogens with zero attached hydrogens (tertiary/aromatic N) is 3. The second kappa shape index (κ2) is 6.01. The minimum absolute atomic E-state index is 0.137. The lowest BCUT2D eigenvalue weighted by Crippen LogP contribution is -2.28. The summed E-state index contributed by atoms with van der Waals surface area (Å²) in [5.41, 5.74) is 9.73. The lowest BCUT2D eigenvalue weighted by molar-refractivity contribution is 0.0792. The predicted octanol–water partition coefficient (Wildman–Crippen LogP) is 3.55. The highest BCUT2D eigenvalue weighted by atomic mass is 16.2. The number of anilines is 3. The van der Waals surface area contributed by atoms with Crippen molar-refractivity contribution in [3.05, 3.63) is 47.7 Å². The first-order valence-corrected chi connectivity index (χ1v) is 9.63. The van der Waals surface area contributed by atoms with E-state index in [1.165, 1.54) is 18.4 Å². The van der Waals surface area contributed by atoms with Crippen LogP contribution in [0.1, 0.15) is 47.5 Å². The molecule has 1 aromatic carbocycles. The number of fused-ring (bicyclic) bond motifs is 3. The first-order chi connectivity index (χ1) is 12.7. The number of rotatable bonds is 2. The molecule has 1 aromatic heterocycles. The quantitative estimate of drug-likeness (QED) is 0.843. The summed E-state index contributed by atoms with van der Waals surface area (Å²) in [6.45, 7) is 2.71. The van der Waals surface area contributed by atoms with Crippen LogP contribution >= 0.6 is 0 Å². The molecule has 2 N–H and O–H groups in total. The van der Waals surface area contributed by atoms with Crippen molar-refractivity contribution in [3.63, 3.8) is 0 Å². The largest absolute Gasteiger partial charge is 0.399 e. The van der Waals surface area contributed by atoms with E-state index in [2.05, 4.69) is 23.1 Å². The molecule has 2 aromatic rings. The van der Waals surface area contributed by atoms with Gasteiger partial charge in [-0.25, -0.2) is 4.98 Å². The second-order valence-electron chi connectivity index (χ2n) is 7.77.